The van der Waals surface area contributed by atoms with Gasteiger partial charge in [0.25, 0.3) is 0 Å². The zero-order valence-corrected chi connectivity index (χ0v) is 14.3. The molecule has 2 aliphatic rings. The molecule has 25 heavy (non-hydrogen) atoms. The van der Waals surface area contributed by atoms with Crippen molar-refractivity contribution in [1.82, 2.24) is 15.1 Å². The molecule has 2 aromatic rings. The molecule has 6 nitrogen and oxygen atoms in total. The van der Waals surface area contributed by atoms with E-state index in [9.17, 15) is 4.79 Å². The van der Waals surface area contributed by atoms with Gasteiger partial charge in [0.2, 0.25) is 5.91 Å². The maximum absolute atomic E-state index is 12.5. The van der Waals surface area contributed by atoms with Crippen molar-refractivity contribution >= 4 is 5.91 Å². The summed E-state index contributed by atoms with van der Waals surface area (Å²) in [4.78, 5) is 12.5. The molecule has 132 valence electrons. The summed E-state index contributed by atoms with van der Waals surface area (Å²) in [7, 11) is 0. The Labute approximate surface area is 147 Å². The fourth-order valence-electron chi connectivity index (χ4n) is 3.74. The lowest BCUT2D eigenvalue weighted by Crippen LogP contribution is -2.56. The first-order valence-electron chi connectivity index (χ1n) is 8.97. The van der Waals surface area contributed by atoms with E-state index in [4.69, 9.17) is 15.6 Å². The van der Waals surface area contributed by atoms with Crippen molar-refractivity contribution in [2.45, 2.75) is 44.2 Å². The molecule has 0 spiro atoms. The highest BCUT2D eigenvalue weighted by Crippen LogP contribution is 2.28. The minimum atomic E-state index is -0.816. The number of carbonyl (C=O) groups is 1. The number of rotatable bonds is 4. The topological polar surface area (TPSA) is 82.2 Å². The third-order valence-electron chi connectivity index (χ3n) is 5.27. The highest BCUT2D eigenvalue weighted by Gasteiger charge is 2.36. The van der Waals surface area contributed by atoms with E-state index < -0.39 is 5.54 Å². The van der Waals surface area contributed by atoms with Gasteiger partial charge in [-0.1, -0.05) is 18.2 Å². The summed E-state index contributed by atoms with van der Waals surface area (Å²) in [5.41, 5.74) is 10.0. The maximum atomic E-state index is 12.5. The van der Waals surface area contributed by atoms with Crippen LogP contribution in [0.5, 0.6) is 0 Å². The summed E-state index contributed by atoms with van der Waals surface area (Å²) in [5, 5.41) is 7.79. The van der Waals surface area contributed by atoms with Crippen LogP contribution in [0, 0.1) is 0 Å². The fraction of sp³-hybridized carbons (Fsp3) is 0.474. The van der Waals surface area contributed by atoms with Gasteiger partial charge in [-0.3, -0.25) is 4.79 Å². The van der Waals surface area contributed by atoms with E-state index in [-0.39, 0.29) is 5.91 Å². The Morgan fingerprint density at radius 3 is 2.76 bits per heavy atom. The predicted octanol–water partition coefficient (Wildman–Crippen LogP) is 1.49. The highest BCUT2D eigenvalue weighted by atomic mass is 16.5. The fourth-order valence-corrected chi connectivity index (χ4v) is 3.74. The number of fused-ring (bicyclic) bond motifs is 1. The molecule has 4 rings (SSSR count). The first kappa shape index (κ1) is 16.3. The molecule has 0 atom stereocenters. The molecule has 0 saturated carbocycles. The normalized spacial score (nSPS) is 18.8. The Hall–Kier alpha value is -2.18. The van der Waals surface area contributed by atoms with Crippen molar-refractivity contribution in [2.24, 2.45) is 5.73 Å². The maximum Gasteiger partial charge on any atom is 0.240 e. The van der Waals surface area contributed by atoms with Gasteiger partial charge in [-0.25, -0.2) is 4.68 Å². The second-order valence-corrected chi connectivity index (χ2v) is 6.92. The smallest absolute Gasteiger partial charge is 0.240 e. The SMILES string of the molecule is NC1(C(=O)NCc2nn(-c3ccccc3)c3c2CCC3)CCOCC1. The van der Waals surface area contributed by atoms with Crippen molar-refractivity contribution < 1.29 is 9.53 Å². The van der Waals surface area contributed by atoms with Crippen molar-refractivity contribution in [2.75, 3.05) is 13.2 Å². The lowest BCUT2D eigenvalue weighted by atomic mass is 9.90. The average molecular weight is 340 g/mol. The standard InChI is InChI=1S/C19H24N4O2/c20-19(9-11-25-12-10-19)18(24)21-13-16-15-7-4-8-17(15)23(22-16)14-5-2-1-3-6-14/h1-3,5-6H,4,7-13,20H2,(H,21,24). The quantitative estimate of drug-likeness (QED) is 0.883. The van der Waals surface area contributed by atoms with Gasteiger partial charge in [0.15, 0.2) is 0 Å². The van der Waals surface area contributed by atoms with Gasteiger partial charge in [0.05, 0.1) is 23.5 Å². The van der Waals surface area contributed by atoms with Crippen LogP contribution in [0.15, 0.2) is 30.3 Å². The van der Waals surface area contributed by atoms with Crippen LogP contribution in [-0.2, 0) is 28.9 Å². The number of nitrogens with one attached hydrogen (secondary N) is 1. The molecule has 1 aliphatic carbocycles. The van der Waals surface area contributed by atoms with Crippen LogP contribution in [0.25, 0.3) is 5.69 Å². The molecule has 3 N–H and O–H groups in total. The van der Waals surface area contributed by atoms with Gasteiger partial charge < -0.3 is 15.8 Å². The van der Waals surface area contributed by atoms with Crippen molar-refractivity contribution in [1.29, 1.82) is 0 Å². The number of nitrogens with two attached hydrogens (primary N) is 1. The van der Waals surface area contributed by atoms with Crippen LogP contribution in [0.2, 0.25) is 0 Å². The molecule has 1 fully saturated rings. The van der Waals surface area contributed by atoms with Gasteiger partial charge in [-0.2, -0.15) is 5.10 Å². The Kier molecular flexibility index (Phi) is 4.31. The van der Waals surface area contributed by atoms with E-state index >= 15 is 0 Å². The van der Waals surface area contributed by atoms with Crippen LogP contribution >= 0.6 is 0 Å². The zero-order valence-electron chi connectivity index (χ0n) is 14.3. The molecule has 1 saturated heterocycles. The first-order valence-corrected chi connectivity index (χ1v) is 8.97. The number of aromatic nitrogens is 2. The summed E-state index contributed by atoms with van der Waals surface area (Å²) < 4.78 is 7.34. The molecule has 1 amide bonds. The number of ether oxygens (including phenoxy) is 1. The van der Waals surface area contributed by atoms with E-state index in [1.54, 1.807) is 0 Å². The third kappa shape index (κ3) is 3.07. The van der Waals surface area contributed by atoms with Crippen molar-refractivity contribution in [3.8, 4) is 5.69 Å². The van der Waals surface area contributed by atoms with E-state index in [1.807, 2.05) is 22.9 Å². The second-order valence-electron chi connectivity index (χ2n) is 6.92. The Balaban J connectivity index is 1.53. The Morgan fingerprint density at radius 2 is 2.00 bits per heavy atom. The Bertz CT molecular complexity index is 763. The molecule has 0 radical (unpaired) electrons. The van der Waals surface area contributed by atoms with Crippen molar-refractivity contribution in [3.63, 3.8) is 0 Å². The minimum absolute atomic E-state index is 0.100. The molecule has 0 unspecified atom stereocenters. The van der Waals surface area contributed by atoms with E-state index in [1.165, 1.54) is 11.3 Å². The number of nitrogens with zero attached hydrogens (tertiary/aromatic N) is 2. The van der Waals surface area contributed by atoms with E-state index in [0.29, 0.717) is 32.6 Å². The monoisotopic (exact) mass is 340 g/mol. The van der Waals surface area contributed by atoms with Crippen molar-refractivity contribution in [3.05, 3.63) is 47.3 Å². The molecule has 1 aromatic carbocycles. The van der Waals surface area contributed by atoms with E-state index in [2.05, 4.69) is 17.4 Å². The number of amides is 1. The third-order valence-corrected chi connectivity index (χ3v) is 5.27. The number of benzene rings is 1. The van der Waals surface area contributed by atoms with Gasteiger partial charge in [0.1, 0.15) is 0 Å². The molecular formula is C19H24N4O2. The van der Waals surface area contributed by atoms with Crippen LogP contribution in [-0.4, -0.2) is 34.4 Å². The predicted molar refractivity (Wildman–Crippen MR) is 94.4 cm³/mol. The number of hydrogen-bond acceptors (Lipinski definition) is 4. The molecule has 1 aliphatic heterocycles. The van der Waals surface area contributed by atoms with Gasteiger partial charge >= 0.3 is 0 Å². The number of hydrogen-bond donors (Lipinski definition) is 2. The van der Waals surface area contributed by atoms with Crippen LogP contribution in [0.1, 0.15) is 36.2 Å². The summed E-state index contributed by atoms with van der Waals surface area (Å²) >= 11 is 0. The van der Waals surface area contributed by atoms with Crippen LogP contribution < -0.4 is 11.1 Å². The second kappa shape index (κ2) is 6.61. The minimum Gasteiger partial charge on any atom is -0.381 e. The van der Waals surface area contributed by atoms with E-state index in [0.717, 1.165) is 30.6 Å². The van der Waals surface area contributed by atoms with Gasteiger partial charge in [0, 0.05) is 18.9 Å². The van der Waals surface area contributed by atoms with Crippen LogP contribution in [0.3, 0.4) is 0 Å². The number of para-hydroxylation sites is 1. The first-order chi connectivity index (χ1) is 12.2. The molecule has 2 heterocycles. The summed E-state index contributed by atoms with van der Waals surface area (Å²) in [6, 6.07) is 10.2. The molecule has 0 bridgehead atoms. The largest absolute Gasteiger partial charge is 0.381 e. The lowest BCUT2D eigenvalue weighted by Gasteiger charge is -2.31. The lowest BCUT2D eigenvalue weighted by molar-refractivity contribution is -0.129. The Morgan fingerprint density at radius 1 is 1.24 bits per heavy atom. The average Bonchev–Trinajstić information content (AvgIpc) is 3.24. The molecular weight excluding hydrogens is 316 g/mol. The highest BCUT2D eigenvalue weighted by molar-refractivity contribution is 5.86. The summed E-state index contributed by atoms with van der Waals surface area (Å²) in [5.74, 6) is -0.100. The zero-order chi connectivity index (χ0) is 17.3. The van der Waals surface area contributed by atoms with Gasteiger partial charge in [-0.05, 0) is 49.8 Å². The molecule has 1 aromatic heterocycles. The van der Waals surface area contributed by atoms with Crippen LogP contribution in [0.4, 0.5) is 0 Å². The summed E-state index contributed by atoms with van der Waals surface area (Å²) in [6.45, 7) is 1.52. The van der Waals surface area contributed by atoms with Gasteiger partial charge in [-0.15, -0.1) is 0 Å². The summed E-state index contributed by atoms with van der Waals surface area (Å²) in [6.07, 6.45) is 4.32. The molecule has 6 heteroatoms. The number of carbonyl (C=O) groups excluding carboxylic acids is 1.